The normalized spacial score (nSPS) is 26.1. The number of carbonyl (C=O) groups is 2. The standard InChI is InChI=1S/C22H31N3O2/c1-15(23)22(27)24-19(10-8-16-5-3-2-4-6-16)11-12-21(26)25-20-14-17-7-9-18(20)13-17/h2-6,11-12,15,17-20H,7-10,13-14,23H2,1H3,(H,24,27)(H,25,26)/b12-11+/t15-,17+,18+,19-,20?/m0/s1. The summed E-state index contributed by atoms with van der Waals surface area (Å²) in [6.45, 7) is 1.66. The van der Waals surface area contributed by atoms with Crippen LogP contribution in [0.15, 0.2) is 42.5 Å². The molecule has 2 aliphatic carbocycles. The van der Waals surface area contributed by atoms with Crippen molar-refractivity contribution >= 4 is 11.8 Å². The number of nitrogens with one attached hydrogen (secondary N) is 2. The van der Waals surface area contributed by atoms with E-state index in [4.69, 9.17) is 5.73 Å². The number of rotatable bonds is 8. The molecule has 2 fully saturated rings. The fourth-order valence-electron chi connectivity index (χ4n) is 4.35. The molecule has 0 aromatic heterocycles. The van der Waals surface area contributed by atoms with Gasteiger partial charge in [0.15, 0.2) is 0 Å². The van der Waals surface area contributed by atoms with Gasteiger partial charge < -0.3 is 16.4 Å². The highest BCUT2D eigenvalue weighted by atomic mass is 16.2. The summed E-state index contributed by atoms with van der Waals surface area (Å²) < 4.78 is 0. The zero-order chi connectivity index (χ0) is 19.2. The Morgan fingerprint density at radius 1 is 1.22 bits per heavy atom. The molecule has 1 aromatic rings. The molecule has 5 heteroatoms. The van der Waals surface area contributed by atoms with Gasteiger partial charge in [-0.1, -0.05) is 42.8 Å². The molecule has 5 nitrogen and oxygen atoms in total. The van der Waals surface area contributed by atoms with E-state index >= 15 is 0 Å². The fourth-order valence-corrected chi connectivity index (χ4v) is 4.35. The SMILES string of the molecule is C[C@H](N)C(=O)N[C@H](/C=C/C(=O)NC1C[C@@H]2CC[C@@H]1C2)CCc1ccccc1. The Hall–Kier alpha value is -2.14. The Morgan fingerprint density at radius 2 is 2.00 bits per heavy atom. The molecule has 3 rings (SSSR count). The lowest BCUT2D eigenvalue weighted by Crippen LogP contribution is -2.43. The van der Waals surface area contributed by atoms with Crippen LogP contribution in [0.4, 0.5) is 0 Å². The summed E-state index contributed by atoms with van der Waals surface area (Å²) >= 11 is 0. The van der Waals surface area contributed by atoms with Gasteiger partial charge in [-0.3, -0.25) is 9.59 Å². The van der Waals surface area contributed by atoms with Crippen molar-refractivity contribution in [2.45, 2.75) is 63.6 Å². The van der Waals surface area contributed by atoms with Crippen LogP contribution in [-0.4, -0.2) is 29.9 Å². The number of nitrogens with two attached hydrogens (primary N) is 1. The van der Waals surface area contributed by atoms with Crippen LogP contribution in [0, 0.1) is 11.8 Å². The maximum atomic E-state index is 12.3. The monoisotopic (exact) mass is 369 g/mol. The first kappa shape index (κ1) is 19.6. The van der Waals surface area contributed by atoms with Crippen molar-refractivity contribution in [2.75, 3.05) is 0 Å². The van der Waals surface area contributed by atoms with Gasteiger partial charge in [-0.25, -0.2) is 0 Å². The number of benzene rings is 1. The van der Waals surface area contributed by atoms with E-state index in [1.165, 1.54) is 24.8 Å². The maximum Gasteiger partial charge on any atom is 0.243 e. The van der Waals surface area contributed by atoms with Gasteiger partial charge in [0.25, 0.3) is 0 Å². The van der Waals surface area contributed by atoms with Crippen molar-refractivity contribution in [1.29, 1.82) is 0 Å². The van der Waals surface area contributed by atoms with Gasteiger partial charge in [0, 0.05) is 18.2 Å². The highest BCUT2D eigenvalue weighted by Crippen LogP contribution is 2.44. The summed E-state index contributed by atoms with van der Waals surface area (Å²) in [6.07, 6.45) is 9.85. The number of carbonyl (C=O) groups excluding carboxylic acids is 2. The average molecular weight is 370 g/mol. The van der Waals surface area contributed by atoms with E-state index in [1.54, 1.807) is 19.1 Å². The van der Waals surface area contributed by atoms with Gasteiger partial charge in [0.2, 0.25) is 11.8 Å². The minimum absolute atomic E-state index is 0.0627. The number of amides is 2. The Balaban J connectivity index is 1.54. The summed E-state index contributed by atoms with van der Waals surface area (Å²) in [6, 6.07) is 9.66. The molecule has 0 heterocycles. The Kier molecular flexibility index (Phi) is 6.67. The van der Waals surface area contributed by atoms with E-state index in [-0.39, 0.29) is 17.9 Å². The third-order valence-electron chi connectivity index (χ3n) is 5.87. The number of hydrogen-bond donors (Lipinski definition) is 3. The lowest BCUT2D eigenvalue weighted by molar-refractivity contribution is -0.122. The van der Waals surface area contributed by atoms with Gasteiger partial charge in [0.1, 0.15) is 0 Å². The predicted octanol–water partition coefficient (Wildman–Crippen LogP) is 2.31. The van der Waals surface area contributed by atoms with E-state index < -0.39 is 6.04 Å². The van der Waals surface area contributed by atoms with Gasteiger partial charge in [-0.05, 0) is 56.4 Å². The summed E-state index contributed by atoms with van der Waals surface area (Å²) in [7, 11) is 0. The van der Waals surface area contributed by atoms with Crippen LogP contribution in [0.1, 0.15) is 44.6 Å². The van der Waals surface area contributed by atoms with E-state index in [1.807, 2.05) is 18.2 Å². The number of aryl methyl sites for hydroxylation is 1. The van der Waals surface area contributed by atoms with Crippen LogP contribution in [-0.2, 0) is 16.0 Å². The van der Waals surface area contributed by atoms with Gasteiger partial charge >= 0.3 is 0 Å². The Labute approximate surface area is 161 Å². The first-order valence-electron chi connectivity index (χ1n) is 10.1. The lowest BCUT2D eigenvalue weighted by Gasteiger charge is -2.22. The Bertz CT molecular complexity index is 671. The molecule has 5 atom stereocenters. The second-order valence-electron chi connectivity index (χ2n) is 8.08. The van der Waals surface area contributed by atoms with Crippen LogP contribution in [0.2, 0.25) is 0 Å². The van der Waals surface area contributed by atoms with Crippen LogP contribution in [0.25, 0.3) is 0 Å². The third kappa shape index (κ3) is 5.67. The molecule has 146 valence electrons. The number of hydrogen-bond acceptors (Lipinski definition) is 3. The molecule has 1 aromatic carbocycles. The second kappa shape index (κ2) is 9.18. The fraction of sp³-hybridized carbons (Fsp3) is 0.545. The van der Waals surface area contributed by atoms with Crippen LogP contribution in [0.5, 0.6) is 0 Å². The molecule has 2 aliphatic rings. The van der Waals surface area contributed by atoms with Crippen LogP contribution >= 0.6 is 0 Å². The molecule has 2 bridgehead atoms. The molecule has 0 spiro atoms. The zero-order valence-electron chi connectivity index (χ0n) is 16.1. The minimum Gasteiger partial charge on any atom is -0.350 e. The molecule has 27 heavy (non-hydrogen) atoms. The highest BCUT2D eigenvalue weighted by Gasteiger charge is 2.39. The van der Waals surface area contributed by atoms with E-state index in [9.17, 15) is 9.59 Å². The molecule has 0 saturated heterocycles. The molecule has 1 unspecified atom stereocenters. The third-order valence-corrected chi connectivity index (χ3v) is 5.87. The summed E-state index contributed by atoms with van der Waals surface area (Å²) in [4.78, 5) is 24.3. The summed E-state index contributed by atoms with van der Waals surface area (Å²) in [5.41, 5.74) is 6.88. The number of fused-ring (bicyclic) bond motifs is 2. The first-order valence-corrected chi connectivity index (χ1v) is 10.1. The van der Waals surface area contributed by atoms with Gasteiger partial charge in [-0.2, -0.15) is 0 Å². The van der Waals surface area contributed by atoms with E-state index in [0.717, 1.165) is 25.2 Å². The smallest absolute Gasteiger partial charge is 0.243 e. The van der Waals surface area contributed by atoms with Crippen molar-refractivity contribution in [3.8, 4) is 0 Å². The molecule has 4 N–H and O–H groups in total. The predicted molar refractivity (Wildman–Crippen MR) is 107 cm³/mol. The van der Waals surface area contributed by atoms with E-state index in [2.05, 4.69) is 22.8 Å². The van der Waals surface area contributed by atoms with Crippen molar-refractivity contribution in [2.24, 2.45) is 17.6 Å². The van der Waals surface area contributed by atoms with Crippen LogP contribution < -0.4 is 16.4 Å². The molecule has 0 aliphatic heterocycles. The van der Waals surface area contributed by atoms with E-state index in [0.29, 0.717) is 12.0 Å². The maximum absolute atomic E-state index is 12.3. The van der Waals surface area contributed by atoms with Crippen LogP contribution in [0.3, 0.4) is 0 Å². The Morgan fingerprint density at radius 3 is 2.63 bits per heavy atom. The molecule has 2 amide bonds. The highest BCUT2D eigenvalue weighted by molar-refractivity contribution is 5.88. The topological polar surface area (TPSA) is 84.2 Å². The minimum atomic E-state index is -0.569. The zero-order valence-corrected chi connectivity index (χ0v) is 16.1. The van der Waals surface area contributed by atoms with Crippen molar-refractivity contribution in [3.05, 3.63) is 48.0 Å². The largest absolute Gasteiger partial charge is 0.350 e. The lowest BCUT2D eigenvalue weighted by atomic mass is 9.95. The first-order chi connectivity index (χ1) is 13.0. The summed E-state index contributed by atoms with van der Waals surface area (Å²) in [5.74, 6) is 1.19. The van der Waals surface area contributed by atoms with Gasteiger partial charge in [0.05, 0.1) is 6.04 Å². The van der Waals surface area contributed by atoms with Crippen molar-refractivity contribution < 1.29 is 9.59 Å². The molecular formula is C22H31N3O2. The molecule has 2 saturated carbocycles. The molecular weight excluding hydrogens is 338 g/mol. The molecule has 0 radical (unpaired) electrons. The van der Waals surface area contributed by atoms with Gasteiger partial charge in [-0.15, -0.1) is 0 Å². The summed E-state index contributed by atoms with van der Waals surface area (Å²) in [5, 5.41) is 6.08. The second-order valence-corrected chi connectivity index (χ2v) is 8.08. The van der Waals surface area contributed by atoms with Crippen molar-refractivity contribution in [1.82, 2.24) is 10.6 Å². The quantitative estimate of drug-likeness (QED) is 0.615. The van der Waals surface area contributed by atoms with Crippen molar-refractivity contribution in [3.63, 3.8) is 0 Å². The average Bonchev–Trinajstić information content (AvgIpc) is 3.27.